The number of piperidine rings is 1. The Labute approximate surface area is 165 Å². The van der Waals surface area contributed by atoms with Gasteiger partial charge >= 0.3 is 0 Å². The number of carbonyl (C=O) groups excluding carboxylic acids is 1. The van der Waals surface area contributed by atoms with E-state index in [1.807, 2.05) is 0 Å². The van der Waals surface area contributed by atoms with Crippen molar-refractivity contribution in [3.8, 4) is 0 Å². The van der Waals surface area contributed by atoms with Crippen molar-refractivity contribution in [3.63, 3.8) is 0 Å². The highest BCUT2D eigenvalue weighted by Gasteiger charge is 2.70. The van der Waals surface area contributed by atoms with Crippen LogP contribution in [-0.4, -0.2) is 35.7 Å². The summed E-state index contributed by atoms with van der Waals surface area (Å²) in [5, 5.41) is 2.69. The van der Waals surface area contributed by atoms with E-state index in [0.29, 0.717) is 25.1 Å². The highest BCUT2D eigenvalue weighted by atomic mass is 32.2. The average molecular weight is 417 g/mol. The van der Waals surface area contributed by atoms with E-state index in [4.69, 9.17) is 0 Å². The number of rotatable bonds is 4. The van der Waals surface area contributed by atoms with E-state index in [9.17, 15) is 17.6 Å². The minimum atomic E-state index is -3.84. The molecule has 2 aromatic carbocycles. The Balaban J connectivity index is 1.48. The number of hydrogen-bond donors (Lipinski definition) is 1. The summed E-state index contributed by atoms with van der Waals surface area (Å²) in [5.74, 6) is -0.873. The van der Waals surface area contributed by atoms with E-state index in [1.165, 1.54) is 39.9 Å². The summed E-state index contributed by atoms with van der Waals surface area (Å²) in [5.41, 5.74) is 1.64. The average Bonchev–Trinajstić information content (AvgIpc) is 3.02. The highest BCUT2D eigenvalue weighted by molar-refractivity contribution is 7.89. The number of thiazole rings is 1. The summed E-state index contributed by atoms with van der Waals surface area (Å²) in [6, 6.07) is 10.4. The Kier molecular flexibility index (Phi) is 3.84. The monoisotopic (exact) mass is 417 g/mol. The quantitative estimate of drug-likeness (QED) is 0.707. The highest BCUT2D eigenvalue weighted by Crippen LogP contribution is 2.58. The fourth-order valence-corrected chi connectivity index (χ4v) is 6.72. The van der Waals surface area contributed by atoms with Gasteiger partial charge in [-0.15, -0.1) is 11.3 Å². The van der Waals surface area contributed by atoms with Crippen LogP contribution in [0.15, 0.2) is 52.9 Å². The number of nitrogens with zero attached hydrogens (tertiary/aromatic N) is 2. The second-order valence-electron chi connectivity index (χ2n) is 7.14. The van der Waals surface area contributed by atoms with E-state index >= 15 is 0 Å². The van der Waals surface area contributed by atoms with Crippen molar-refractivity contribution >= 4 is 43.2 Å². The number of fused-ring (bicyclic) bond motifs is 2. The molecule has 5 rings (SSSR count). The smallest absolute Gasteiger partial charge is 0.246 e. The molecule has 1 amide bonds. The van der Waals surface area contributed by atoms with Crippen LogP contribution in [0.2, 0.25) is 0 Å². The lowest BCUT2D eigenvalue weighted by Gasteiger charge is -2.26. The predicted molar refractivity (Wildman–Crippen MR) is 104 cm³/mol. The third-order valence-electron chi connectivity index (χ3n) is 5.56. The molecule has 2 heterocycles. The van der Waals surface area contributed by atoms with Gasteiger partial charge in [0.2, 0.25) is 15.9 Å². The lowest BCUT2D eigenvalue weighted by molar-refractivity contribution is -0.120. The van der Waals surface area contributed by atoms with Gasteiger partial charge in [-0.3, -0.25) is 4.79 Å². The summed E-state index contributed by atoms with van der Waals surface area (Å²) >= 11 is 1.37. The Morgan fingerprint density at radius 3 is 2.93 bits per heavy atom. The molecule has 2 atom stereocenters. The molecule has 2 aliphatic rings. The zero-order valence-corrected chi connectivity index (χ0v) is 16.3. The molecular weight excluding hydrogens is 401 g/mol. The molecule has 0 spiro atoms. The molecule has 1 aromatic heterocycles. The summed E-state index contributed by atoms with van der Waals surface area (Å²) in [4.78, 5) is 17.3. The second-order valence-corrected chi connectivity index (χ2v) is 9.89. The SMILES string of the molecule is O=C(Nc1cccc(F)c1)C12CC1CCN2S(=O)(=O)c1ccc2ncsc2c1. The summed E-state index contributed by atoms with van der Waals surface area (Å²) < 4.78 is 42.2. The molecule has 1 aliphatic heterocycles. The first-order valence-corrected chi connectivity index (χ1v) is 11.2. The number of carbonyl (C=O) groups is 1. The lowest BCUT2D eigenvalue weighted by Crippen LogP contribution is -2.47. The van der Waals surface area contributed by atoms with E-state index in [0.717, 1.165) is 10.2 Å². The van der Waals surface area contributed by atoms with Crippen LogP contribution in [0.25, 0.3) is 10.2 Å². The molecule has 144 valence electrons. The number of nitrogens with one attached hydrogen (secondary N) is 1. The minimum absolute atomic E-state index is 0.0111. The number of benzene rings is 2. The molecule has 0 bridgehead atoms. The van der Waals surface area contributed by atoms with Gasteiger partial charge < -0.3 is 5.32 Å². The Morgan fingerprint density at radius 1 is 1.29 bits per heavy atom. The number of aromatic nitrogens is 1. The first kappa shape index (κ1) is 17.7. The molecular formula is C19H16FN3O3S2. The Bertz CT molecular complexity index is 1210. The molecule has 1 saturated heterocycles. The van der Waals surface area contributed by atoms with Crippen LogP contribution in [0, 0.1) is 11.7 Å². The van der Waals surface area contributed by atoms with Gasteiger partial charge in [0.05, 0.1) is 20.6 Å². The molecule has 0 radical (unpaired) electrons. The molecule has 2 fully saturated rings. The summed E-state index contributed by atoms with van der Waals surface area (Å²) in [6.07, 6.45) is 1.12. The van der Waals surface area contributed by atoms with Crippen LogP contribution in [0.3, 0.4) is 0 Å². The van der Waals surface area contributed by atoms with Crippen LogP contribution in [0.4, 0.5) is 10.1 Å². The van der Waals surface area contributed by atoms with Gasteiger partial charge in [-0.1, -0.05) is 6.07 Å². The number of anilines is 1. The van der Waals surface area contributed by atoms with Crippen molar-refractivity contribution in [2.45, 2.75) is 23.3 Å². The van der Waals surface area contributed by atoms with Gasteiger partial charge in [-0.05, 0) is 55.2 Å². The molecule has 1 aliphatic carbocycles. The molecule has 9 heteroatoms. The number of halogens is 1. The van der Waals surface area contributed by atoms with E-state index in [-0.39, 0.29) is 10.8 Å². The maximum absolute atomic E-state index is 13.4. The van der Waals surface area contributed by atoms with Crippen molar-refractivity contribution in [1.29, 1.82) is 0 Å². The normalized spacial score (nSPS) is 24.2. The fraction of sp³-hybridized carbons (Fsp3) is 0.263. The Hall–Kier alpha value is -2.36. The zero-order valence-electron chi connectivity index (χ0n) is 14.6. The molecule has 2 unspecified atom stereocenters. The lowest BCUT2D eigenvalue weighted by atomic mass is 10.2. The van der Waals surface area contributed by atoms with Crippen molar-refractivity contribution in [3.05, 3.63) is 53.8 Å². The van der Waals surface area contributed by atoms with Gasteiger partial charge in [0, 0.05) is 12.2 Å². The van der Waals surface area contributed by atoms with E-state index in [2.05, 4.69) is 10.3 Å². The van der Waals surface area contributed by atoms with Crippen LogP contribution in [0.5, 0.6) is 0 Å². The standard InChI is InChI=1S/C19H16FN3O3S2/c20-13-2-1-3-14(8-13)22-18(24)19-10-12(19)6-7-23(19)28(25,26)15-4-5-16-17(9-15)27-11-21-16/h1-5,8-9,11-12H,6-7,10H2,(H,22,24). The van der Waals surface area contributed by atoms with Crippen molar-refractivity contribution in [2.24, 2.45) is 5.92 Å². The second kappa shape index (κ2) is 6.07. The topological polar surface area (TPSA) is 79.4 Å². The first-order chi connectivity index (χ1) is 13.4. The maximum atomic E-state index is 13.4. The molecule has 6 nitrogen and oxygen atoms in total. The van der Waals surface area contributed by atoms with Gasteiger partial charge in [0.1, 0.15) is 11.4 Å². The number of hydrogen-bond acceptors (Lipinski definition) is 5. The molecule has 28 heavy (non-hydrogen) atoms. The Morgan fingerprint density at radius 2 is 2.14 bits per heavy atom. The van der Waals surface area contributed by atoms with Crippen LogP contribution >= 0.6 is 11.3 Å². The van der Waals surface area contributed by atoms with Gasteiger partial charge in [-0.2, -0.15) is 4.31 Å². The minimum Gasteiger partial charge on any atom is -0.324 e. The third kappa shape index (κ3) is 2.57. The van der Waals surface area contributed by atoms with Crippen LogP contribution < -0.4 is 5.32 Å². The van der Waals surface area contributed by atoms with Crippen LogP contribution in [0.1, 0.15) is 12.8 Å². The van der Waals surface area contributed by atoms with Gasteiger partial charge in [0.25, 0.3) is 0 Å². The number of sulfonamides is 1. The van der Waals surface area contributed by atoms with Gasteiger partial charge in [0.15, 0.2) is 0 Å². The van der Waals surface area contributed by atoms with Crippen LogP contribution in [-0.2, 0) is 14.8 Å². The van der Waals surface area contributed by atoms with E-state index < -0.39 is 27.3 Å². The predicted octanol–water partition coefficient (Wildman–Crippen LogP) is 3.23. The van der Waals surface area contributed by atoms with Gasteiger partial charge in [-0.25, -0.2) is 17.8 Å². The zero-order chi connectivity index (χ0) is 19.5. The first-order valence-electron chi connectivity index (χ1n) is 8.84. The van der Waals surface area contributed by atoms with Crippen molar-refractivity contribution < 1.29 is 17.6 Å². The maximum Gasteiger partial charge on any atom is 0.246 e. The van der Waals surface area contributed by atoms with Crippen molar-refractivity contribution in [1.82, 2.24) is 9.29 Å². The largest absolute Gasteiger partial charge is 0.324 e. The summed E-state index contributed by atoms with van der Waals surface area (Å²) in [7, 11) is -3.84. The molecule has 1 saturated carbocycles. The van der Waals surface area contributed by atoms with E-state index in [1.54, 1.807) is 23.7 Å². The fourth-order valence-electron chi connectivity index (χ4n) is 4.09. The number of amides is 1. The molecule has 1 N–H and O–H groups in total. The summed E-state index contributed by atoms with van der Waals surface area (Å²) in [6.45, 7) is 0.296. The van der Waals surface area contributed by atoms with Crippen molar-refractivity contribution in [2.75, 3.05) is 11.9 Å². The molecule has 3 aromatic rings. The third-order valence-corrected chi connectivity index (χ3v) is 8.30.